The number of hydrogen-bond donors (Lipinski definition) is 2. The summed E-state index contributed by atoms with van der Waals surface area (Å²) in [7, 11) is -3.57. The summed E-state index contributed by atoms with van der Waals surface area (Å²) in [5.74, 6) is 1.54. The molecule has 0 spiro atoms. The van der Waals surface area contributed by atoms with E-state index in [4.69, 9.17) is 4.74 Å². The summed E-state index contributed by atoms with van der Waals surface area (Å²) in [5, 5.41) is 3.14. The third-order valence-electron chi connectivity index (χ3n) is 5.05. The van der Waals surface area contributed by atoms with Crippen LogP contribution < -0.4 is 10.0 Å². The number of fused-ring (bicyclic) bond motifs is 1. The maximum atomic E-state index is 12.3. The third-order valence-corrected chi connectivity index (χ3v) is 6.53. The standard InChI is InChI=1S/C21H26N6O3S/c1-2-30-14-12-24-31(28,29)17-8-6-16(7-9-17)25-21-22-11-10-18(26-21)19-15-23-20-5-3-4-13-27(19)20/h6-11,15,24H,2-5,12-14H2,1H3,(H,22,25,26). The number of aryl methyl sites for hydroxylation is 1. The van der Waals surface area contributed by atoms with Gasteiger partial charge in [-0.3, -0.25) is 0 Å². The van der Waals surface area contributed by atoms with Crippen LogP contribution in [0.3, 0.4) is 0 Å². The second-order valence-electron chi connectivity index (χ2n) is 7.18. The van der Waals surface area contributed by atoms with Crippen molar-refractivity contribution >= 4 is 21.7 Å². The molecule has 0 radical (unpaired) electrons. The van der Waals surface area contributed by atoms with Gasteiger partial charge in [0.05, 0.1) is 29.1 Å². The maximum absolute atomic E-state index is 12.3. The highest BCUT2D eigenvalue weighted by Gasteiger charge is 2.17. The van der Waals surface area contributed by atoms with Crippen molar-refractivity contribution in [2.24, 2.45) is 0 Å². The van der Waals surface area contributed by atoms with Gasteiger partial charge < -0.3 is 14.6 Å². The average Bonchev–Trinajstić information content (AvgIpc) is 3.22. The molecule has 0 atom stereocenters. The normalized spacial score (nSPS) is 13.7. The smallest absolute Gasteiger partial charge is 0.240 e. The molecule has 31 heavy (non-hydrogen) atoms. The van der Waals surface area contributed by atoms with E-state index < -0.39 is 10.0 Å². The maximum Gasteiger partial charge on any atom is 0.240 e. The molecule has 0 fully saturated rings. The third kappa shape index (κ3) is 5.09. The first-order valence-corrected chi connectivity index (χ1v) is 11.9. The highest BCUT2D eigenvalue weighted by molar-refractivity contribution is 7.89. The molecule has 0 unspecified atom stereocenters. The van der Waals surface area contributed by atoms with Gasteiger partial charge in [-0.05, 0) is 50.1 Å². The average molecular weight is 443 g/mol. The molecule has 0 bridgehead atoms. The number of rotatable bonds is 9. The Kier molecular flexibility index (Phi) is 6.59. The Labute approximate surface area is 182 Å². The van der Waals surface area contributed by atoms with E-state index in [9.17, 15) is 8.42 Å². The molecule has 1 aliphatic rings. The van der Waals surface area contributed by atoms with Crippen molar-refractivity contribution in [1.29, 1.82) is 0 Å². The molecule has 10 heteroatoms. The van der Waals surface area contributed by atoms with Crippen LogP contribution in [0, 0.1) is 0 Å². The van der Waals surface area contributed by atoms with Gasteiger partial charge in [0.2, 0.25) is 16.0 Å². The fourth-order valence-electron chi connectivity index (χ4n) is 3.50. The second-order valence-corrected chi connectivity index (χ2v) is 8.94. The molecule has 9 nitrogen and oxygen atoms in total. The minimum Gasteiger partial charge on any atom is -0.380 e. The minimum absolute atomic E-state index is 0.190. The molecule has 1 aromatic carbocycles. The highest BCUT2D eigenvalue weighted by Crippen LogP contribution is 2.25. The van der Waals surface area contributed by atoms with E-state index in [1.807, 2.05) is 19.2 Å². The van der Waals surface area contributed by atoms with Crippen molar-refractivity contribution in [2.45, 2.75) is 37.6 Å². The summed E-state index contributed by atoms with van der Waals surface area (Å²) in [6.07, 6.45) is 6.87. The zero-order chi connectivity index (χ0) is 21.7. The van der Waals surface area contributed by atoms with Crippen LogP contribution in [-0.2, 0) is 27.7 Å². The minimum atomic E-state index is -3.57. The van der Waals surface area contributed by atoms with Gasteiger partial charge in [0, 0.05) is 38.0 Å². The van der Waals surface area contributed by atoms with Crippen LogP contribution in [-0.4, -0.2) is 47.7 Å². The van der Waals surface area contributed by atoms with E-state index in [1.54, 1.807) is 30.5 Å². The number of nitrogens with zero attached hydrogens (tertiary/aromatic N) is 4. The lowest BCUT2D eigenvalue weighted by Crippen LogP contribution is -2.27. The number of anilines is 2. The zero-order valence-electron chi connectivity index (χ0n) is 17.4. The Balaban J connectivity index is 1.45. The predicted molar refractivity (Wildman–Crippen MR) is 118 cm³/mol. The summed E-state index contributed by atoms with van der Waals surface area (Å²) in [4.78, 5) is 13.6. The summed E-state index contributed by atoms with van der Waals surface area (Å²) < 4.78 is 34.6. The van der Waals surface area contributed by atoms with Crippen LogP contribution in [0.15, 0.2) is 47.6 Å². The van der Waals surface area contributed by atoms with E-state index in [0.29, 0.717) is 24.8 Å². The van der Waals surface area contributed by atoms with E-state index in [2.05, 4.69) is 29.6 Å². The van der Waals surface area contributed by atoms with Crippen LogP contribution in [0.4, 0.5) is 11.6 Å². The zero-order valence-corrected chi connectivity index (χ0v) is 18.2. The fourth-order valence-corrected chi connectivity index (χ4v) is 4.52. The van der Waals surface area contributed by atoms with Crippen molar-refractivity contribution < 1.29 is 13.2 Å². The number of imidazole rings is 1. The molecule has 0 aliphatic carbocycles. The quantitative estimate of drug-likeness (QED) is 0.490. The van der Waals surface area contributed by atoms with E-state index in [1.165, 1.54) is 6.42 Å². The molecule has 2 N–H and O–H groups in total. The molecule has 0 saturated heterocycles. The second kappa shape index (κ2) is 9.54. The Morgan fingerprint density at radius 1 is 1.13 bits per heavy atom. The monoisotopic (exact) mass is 442 g/mol. The Hall–Kier alpha value is -2.82. The molecular formula is C21H26N6O3S. The van der Waals surface area contributed by atoms with E-state index >= 15 is 0 Å². The fraction of sp³-hybridized carbons (Fsp3) is 0.381. The van der Waals surface area contributed by atoms with E-state index in [-0.39, 0.29) is 11.4 Å². The van der Waals surface area contributed by atoms with Gasteiger partial charge in [0.25, 0.3) is 0 Å². The highest BCUT2D eigenvalue weighted by atomic mass is 32.2. The Morgan fingerprint density at radius 3 is 2.77 bits per heavy atom. The number of ether oxygens (including phenoxy) is 1. The summed E-state index contributed by atoms with van der Waals surface area (Å²) in [6.45, 7) is 3.93. The largest absolute Gasteiger partial charge is 0.380 e. The predicted octanol–water partition coefficient (Wildman–Crippen LogP) is 2.73. The van der Waals surface area contributed by atoms with Crippen molar-refractivity contribution in [1.82, 2.24) is 24.2 Å². The molecular weight excluding hydrogens is 416 g/mol. The molecule has 2 aromatic heterocycles. The number of sulfonamides is 1. The lowest BCUT2D eigenvalue weighted by molar-refractivity contribution is 0.153. The molecule has 0 amide bonds. The van der Waals surface area contributed by atoms with E-state index in [0.717, 1.165) is 36.6 Å². The summed E-state index contributed by atoms with van der Waals surface area (Å²) in [5.41, 5.74) is 2.48. The lowest BCUT2D eigenvalue weighted by Gasteiger charge is -2.16. The van der Waals surface area contributed by atoms with Crippen LogP contribution in [0.1, 0.15) is 25.6 Å². The molecule has 164 valence electrons. The number of benzene rings is 1. The van der Waals surface area contributed by atoms with Crippen molar-refractivity contribution in [2.75, 3.05) is 25.1 Å². The van der Waals surface area contributed by atoms with Gasteiger partial charge in [-0.25, -0.2) is 28.1 Å². The van der Waals surface area contributed by atoms with Gasteiger partial charge in [-0.15, -0.1) is 0 Å². The van der Waals surface area contributed by atoms with Crippen LogP contribution >= 0.6 is 0 Å². The molecule has 1 aliphatic heterocycles. The van der Waals surface area contributed by atoms with Crippen molar-refractivity contribution in [3.05, 3.63) is 48.5 Å². The van der Waals surface area contributed by atoms with Crippen molar-refractivity contribution in [3.8, 4) is 11.4 Å². The van der Waals surface area contributed by atoms with Gasteiger partial charge >= 0.3 is 0 Å². The van der Waals surface area contributed by atoms with Gasteiger partial charge in [0.1, 0.15) is 5.82 Å². The molecule has 4 rings (SSSR count). The number of nitrogens with one attached hydrogen (secondary N) is 2. The van der Waals surface area contributed by atoms with Gasteiger partial charge in [-0.2, -0.15) is 0 Å². The molecule has 3 heterocycles. The summed E-state index contributed by atoms with van der Waals surface area (Å²) >= 11 is 0. The number of hydrogen-bond acceptors (Lipinski definition) is 7. The molecule has 3 aromatic rings. The van der Waals surface area contributed by atoms with Crippen molar-refractivity contribution in [3.63, 3.8) is 0 Å². The first kappa shape index (κ1) is 21.4. The first-order chi connectivity index (χ1) is 15.1. The first-order valence-electron chi connectivity index (χ1n) is 10.4. The van der Waals surface area contributed by atoms with Crippen LogP contribution in [0.5, 0.6) is 0 Å². The number of aromatic nitrogens is 4. The SMILES string of the molecule is CCOCCNS(=O)(=O)c1ccc(Nc2nccc(-c3cnc4n3CCCC4)n2)cc1. The molecule has 0 saturated carbocycles. The van der Waals surface area contributed by atoms with Gasteiger partial charge in [0.15, 0.2) is 0 Å². The Bertz CT molecular complexity index is 1130. The summed E-state index contributed by atoms with van der Waals surface area (Å²) in [6, 6.07) is 8.33. The van der Waals surface area contributed by atoms with Crippen LogP contribution in [0.25, 0.3) is 11.4 Å². The Morgan fingerprint density at radius 2 is 1.97 bits per heavy atom. The lowest BCUT2D eigenvalue weighted by atomic mass is 10.1. The topological polar surface area (TPSA) is 111 Å². The van der Waals surface area contributed by atoms with Gasteiger partial charge in [-0.1, -0.05) is 0 Å². The van der Waals surface area contributed by atoms with Crippen LogP contribution in [0.2, 0.25) is 0 Å².